The van der Waals surface area contributed by atoms with Gasteiger partial charge in [0.1, 0.15) is 0 Å². The molecule has 0 bridgehead atoms. The maximum Gasteiger partial charge on any atom is 0.253 e. The molecule has 0 aromatic heterocycles. The number of benzene rings is 2. The second-order valence-corrected chi connectivity index (χ2v) is 13.1. The van der Waals surface area contributed by atoms with Crippen LogP contribution in [0.15, 0.2) is 54.6 Å². The largest absolute Gasteiger partial charge is 0.349 e. The highest BCUT2D eigenvalue weighted by Gasteiger charge is 2.42. The Balaban J connectivity index is 0.00000220. The lowest BCUT2D eigenvalue weighted by atomic mass is 9.63. The number of likely N-dealkylation sites (tertiary alicyclic amines) is 2. The van der Waals surface area contributed by atoms with Crippen LogP contribution in [0.25, 0.3) is 0 Å². The number of hydrogen-bond acceptors (Lipinski definition) is 3. The minimum absolute atomic E-state index is 0. The van der Waals surface area contributed by atoms with Gasteiger partial charge >= 0.3 is 0 Å². The van der Waals surface area contributed by atoms with Crippen molar-refractivity contribution in [1.29, 1.82) is 0 Å². The minimum atomic E-state index is -0.0241. The number of hydrogen-bond donors (Lipinski definition) is 1. The van der Waals surface area contributed by atoms with Crippen molar-refractivity contribution >= 4 is 11.8 Å². The monoisotopic (exact) mass is 519 g/mol. The van der Waals surface area contributed by atoms with Crippen LogP contribution in [-0.2, 0) is 10.2 Å². The predicted molar refractivity (Wildman–Crippen MR) is 157 cm³/mol. The van der Waals surface area contributed by atoms with Crippen molar-refractivity contribution in [3.63, 3.8) is 0 Å². The van der Waals surface area contributed by atoms with Crippen molar-refractivity contribution in [2.75, 3.05) is 32.7 Å². The van der Waals surface area contributed by atoms with E-state index in [2.05, 4.69) is 55.3 Å². The highest BCUT2D eigenvalue weighted by Crippen LogP contribution is 2.48. The van der Waals surface area contributed by atoms with Crippen molar-refractivity contribution in [2.24, 2.45) is 11.3 Å². The van der Waals surface area contributed by atoms with Gasteiger partial charge in [-0.25, -0.2) is 0 Å². The summed E-state index contributed by atoms with van der Waals surface area (Å²) in [5.74, 6) is 0.203. The smallest absolute Gasteiger partial charge is 0.253 e. The molecule has 1 spiro atoms. The number of rotatable bonds is 5. The molecule has 5 rings (SSSR count). The van der Waals surface area contributed by atoms with Gasteiger partial charge in [0.2, 0.25) is 5.91 Å². The predicted octanol–water partition coefficient (Wildman–Crippen LogP) is 6.45. The van der Waals surface area contributed by atoms with E-state index in [1.165, 1.54) is 50.0 Å². The standard InChI is InChI=1S/C33H45N3O2.2H2/c1-32(2,3)17-22-35-23-18-33(19-24-35)16-13-29(27-11-7-8-12-28(27)33)34-30(37)25-14-20-36(21-15-25)31(38)26-9-5-4-6-10-26;;/h4-12,25,29H,13-24H2,1-3H3,(H,34,37);2*1H/t29-;;/m0../s1. The zero-order valence-corrected chi connectivity index (χ0v) is 23.5. The van der Waals surface area contributed by atoms with Crippen molar-refractivity contribution in [3.05, 3.63) is 71.3 Å². The van der Waals surface area contributed by atoms with E-state index in [9.17, 15) is 9.59 Å². The molecule has 1 aliphatic carbocycles. The average molecular weight is 520 g/mol. The molecule has 2 saturated heterocycles. The van der Waals surface area contributed by atoms with Crippen LogP contribution in [0, 0.1) is 11.3 Å². The van der Waals surface area contributed by atoms with E-state index in [4.69, 9.17) is 0 Å². The van der Waals surface area contributed by atoms with Crippen molar-refractivity contribution in [2.45, 2.75) is 77.2 Å². The lowest BCUT2D eigenvalue weighted by Gasteiger charge is -2.47. The fourth-order valence-electron chi connectivity index (χ4n) is 6.76. The average Bonchev–Trinajstić information content (AvgIpc) is 2.94. The Labute approximate surface area is 231 Å². The van der Waals surface area contributed by atoms with Gasteiger partial charge in [-0.05, 0) is 98.7 Å². The van der Waals surface area contributed by atoms with Crippen LogP contribution in [0.5, 0.6) is 0 Å². The van der Waals surface area contributed by atoms with E-state index in [0.717, 1.165) is 31.2 Å². The minimum Gasteiger partial charge on any atom is -0.349 e. The fourth-order valence-corrected chi connectivity index (χ4v) is 6.76. The molecule has 208 valence electrons. The van der Waals surface area contributed by atoms with Gasteiger partial charge in [-0.1, -0.05) is 63.2 Å². The Morgan fingerprint density at radius 3 is 2.24 bits per heavy atom. The molecule has 2 aliphatic heterocycles. The van der Waals surface area contributed by atoms with Gasteiger partial charge in [-0.3, -0.25) is 9.59 Å². The highest BCUT2D eigenvalue weighted by molar-refractivity contribution is 5.94. The van der Waals surface area contributed by atoms with Crippen LogP contribution in [0.1, 0.15) is 96.1 Å². The van der Waals surface area contributed by atoms with Gasteiger partial charge in [0.05, 0.1) is 6.04 Å². The van der Waals surface area contributed by atoms with E-state index in [0.29, 0.717) is 18.5 Å². The van der Waals surface area contributed by atoms with Crippen LogP contribution in [-0.4, -0.2) is 54.3 Å². The van der Waals surface area contributed by atoms with Crippen LogP contribution >= 0.6 is 0 Å². The maximum absolute atomic E-state index is 13.4. The number of nitrogens with one attached hydrogen (secondary N) is 1. The second-order valence-electron chi connectivity index (χ2n) is 13.1. The Morgan fingerprint density at radius 1 is 0.895 bits per heavy atom. The van der Waals surface area contributed by atoms with Crippen LogP contribution in [0.4, 0.5) is 0 Å². The molecule has 2 heterocycles. The molecule has 2 aromatic carbocycles. The molecule has 5 nitrogen and oxygen atoms in total. The van der Waals surface area contributed by atoms with Crippen LogP contribution < -0.4 is 5.32 Å². The van der Waals surface area contributed by atoms with Gasteiger partial charge < -0.3 is 15.1 Å². The molecular weight excluding hydrogens is 470 g/mol. The molecule has 0 radical (unpaired) electrons. The van der Waals surface area contributed by atoms with E-state index in [-0.39, 0.29) is 32.0 Å². The fraction of sp³-hybridized carbons (Fsp3) is 0.576. The molecule has 38 heavy (non-hydrogen) atoms. The first-order valence-electron chi connectivity index (χ1n) is 14.7. The Hall–Kier alpha value is -2.66. The number of fused-ring (bicyclic) bond motifs is 2. The zero-order chi connectivity index (χ0) is 26.8. The first-order chi connectivity index (χ1) is 18.2. The van der Waals surface area contributed by atoms with Gasteiger partial charge in [-0.15, -0.1) is 0 Å². The van der Waals surface area contributed by atoms with Gasteiger partial charge in [0, 0.05) is 27.4 Å². The van der Waals surface area contributed by atoms with Crippen LogP contribution in [0.2, 0.25) is 0 Å². The lowest BCUT2D eigenvalue weighted by molar-refractivity contribution is -0.127. The third kappa shape index (κ3) is 5.98. The summed E-state index contributed by atoms with van der Waals surface area (Å²) in [5, 5.41) is 3.44. The maximum atomic E-state index is 13.4. The number of amides is 2. The molecule has 2 fully saturated rings. The van der Waals surface area contributed by atoms with E-state index < -0.39 is 0 Å². The van der Waals surface area contributed by atoms with E-state index >= 15 is 0 Å². The van der Waals surface area contributed by atoms with Crippen molar-refractivity contribution < 1.29 is 12.4 Å². The molecule has 1 atom stereocenters. The summed E-state index contributed by atoms with van der Waals surface area (Å²) >= 11 is 0. The quantitative estimate of drug-likeness (QED) is 0.494. The SMILES string of the molecule is CC(C)(C)CCN1CCC2(CC[C@H](NC(=O)C3CCN(C(=O)c4ccccc4)CC3)c3ccccc32)CC1.[HH].[HH]. The summed E-state index contributed by atoms with van der Waals surface area (Å²) in [7, 11) is 0. The molecular formula is C33H49N3O2. The highest BCUT2D eigenvalue weighted by atomic mass is 16.2. The second kappa shape index (κ2) is 11.2. The molecule has 3 aliphatic rings. The molecule has 2 aromatic rings. The van der Waals surface area contributed by atoms with Gasteiger partial charge in [-0.2, -0.15) is 0 Å². The summed E-state index contributed by atoms with van der Waals surface area (Å²) in [6.07, 6.45) is 7.28. The number of nitrogens with zero attached hydrogens (tertiary/aromatic N) is 2. The Morgan fingerprint density at radius 2 is 1.55 bits per heavy atom. The molecule has 0 saturated carbocycles. The lowest BCUT2D eigenvalue weighted by Crippen LogP contribution is -2.48. The first kappa shape index (κ1) is 26.9. The summed E-state index contributed by atoms with van der Waals surface area (Å²) in [6.45, 7) is 11.8. The number of carbonyl (C=O) groups excluding carboxylic acids is 2. The van der Waals surface area contributed by atoms with E-state index in [1.807, 2.05) is 35.2 Å². The van der Waals surface area contributed by atoms with Crippen molar-refractivity contribution in [1.82, 2.24) is 15.1 Å². The molecule has 0 unspecified atom stereocenters. The topological polar surface area (TPSA) is 52.7 Å². The normalized spacial score (nSPS) is 22.2. The molecule has 2 amide bonds. The summed E-state index contributed by atoms with van der Waals surface area (Å²) in [6, 6.07) is 18.4. The molecule has 1 N–H and O–H groups in total. The third-order valence-electron chi connectivity index (χ3n) is 9.30. The summed E-state index contributed by atoms with van der Waals surface area (Å²) < 4.78 is 0. The van der Waals surface area contributed by atoms with Gasteiger partial charge in [0.15, 0.2) is 0 Å². The molecule has 5 heteroatoms. The third-order valence-corrected chi connectivity index (χ3v) is 9.30. The van der Waals surface area contributed by atoms with Crippen molar-refractivity contribution in [3.8, 4) is 0 Å². The number of carbonyl (C=O) groups is 2. The Bertz CT molecular complexity index is 1120. The summed E-state index contributed by atoms with van der Waals surface area (Å²) in [4.78, 5) is 30.7. The first-order valence-corrected chi connectivity index (χ1v) is 14.7. The number of piperidine rings is 2. The van der Waals surface area contributed by atoms with Gasteiger partial charge in [0.25, 0.3) is 5.91 Å². The zero-order valence-electron chi connectivity index (χ0n) is 23.5. The van der Waals surface area contributed by atoms with Crippen LogP contribution in [0.3, 0.4) is 0 Å². The Kier molecular flexibility index (Phi) is 7.95. The van der Waals surface area contributed by atoms with E-state index in [1.54, 1.807) is 0 Å². The summed E-state index contributed by atoms with van der Waals surface area (Å²) in [5.41, 5.74) is 4.15.